The summed E-state index contributed by atoms with van der Waals surface area (Å²) in [6.45, 7) is 1.96. The average Bonchev–Trinajstić information content (AvgIpc) is 2.70. The first-order chi connectivity index (χ1) is 8.25. The highest BCUT2D eigenvalue weighted by Crippen LogP contribution is 2.27. The summed E-state index contributed by atoms with van der Waals surface area (Å²) in [5, 5.41) is 5.36. The number of hydrogen-bond acceptors (Lipinski definition) is 2. The molecular weight excluding hydrogens is 238 g/mol. The lowest BCUT2D eigenvalue weighted by Gasteiger charge is -2.23. The molecule has 2 amide bonds. The summed E-state index contributed by atoms with van der Waals surface area (Å²) < 4.78 is 0. The summed E-state index contributed by atoms with van der Waals surface area (Å²) in [6, 6.07) is 3.16. The second-order valence-corrected chi connectivity index (χ2v) is 4.77. The van der Waals surface area contributed by atoms with Crippen LogP contribution >= 0.6 is 11.6 Å². The summed E-state index contributed by atoms with van der Waals surface area (Å²) in [5.74, 6) is 0.378. The number of carbonyl (C=O) groups is 1. The van der Waals surface area contributed by atoms with E-state index in [0.717, 1.165) is 31.5 Å². The zero-order valence-corrected chi connectivity index (χ0v) is 10.00. The summed E-state index contributed by atoms with van der Waals surface area (Å²) in [7, 11) is 0. The van der Waals surface area contributed by atoms with Gasteiger partial charge in [0.2, 0.25) is 0 Å². The molecule has 0 aromatic heterocycles. The van der Waals surface area contributed by atoms with Crippen LogP contribution in [0.4, 0.5) is 4.79 Å². The quantitative estimate of drug-likeness (QED) is 0.813. The standard InChI is InChI=1S/C12H12ClN3O/c13-8-1-2-9-11(16-12(17)15-9)10(8)7-3-5-14-6-4-7/h1-2,7,14H,3-6H2. The number of fused-ring (bicyclic) bond motifs is 1. The van der Waals surface area contributed by atoms with Gasteiger partial charge in [0.15, 0.2) is 0 Å². The molecule has 0 spiro atoms. The van der Waals surface area contributed by atoms with Gasteiger partial charge in [-0.15, -0.1) is 0 Å². The maximum Gasteiger partial charge on any atom is 0.368 e. The second-order valence-electron chi connectivity index (χ2n) is 4.36. The highest BCUT2D eigenvalue weighted by Gasteiger charge is 2.22. The predicted molar refractivity (Wildman–Crippen MR) is 64.0 cm³/mol. The van der Waals surface area contributed by atoms with Crippen LogP contribution in [0.5, 0.6) is 0 Å². The first kappa shape index (κ1) is 10.9. The minimum absolute atomic E-state index is 0.378. The van der Waals surface area contributed by atoms with Crippen LogP contribution in [0.15, 0.2) is 22.1 Å². The predicted octanol–water partition coefficient (Wildman–Crippen LogP) is 1.18. The lowest BCUT2D eigenvalue weighted by atomic mass is 9.89. The third-order valence-electron chi connectivity index (χ3n) is 3.31. The Morgan fingerprint density at radius 1 is 1.24 bits per heavy atom. The molecule has 0 aliphatic carbocycles. The third kappa shape index (κ3) is 1.87. The minimum Gasteiger partial charge on any atom is -0.317 e. The van der Waals surface area contributed by atoms with Crippen LogP contribution in [0, 0.1) is 0 Å². The Morgan fingerprint density at radius 2 is 2.00 bits per heavy atom. The van der Waals surface area contributed by atoms with Gasteiger partial charge in [-0.25, -0.2) is 4.79 Å². The van der Waals surface area contributed by atoms with Gasteiger partial charge in [-0.05, 0) is 44.0 Å². The molecule has 0 bridgehead atoms. The smallest absolute Gasteiger partial charge is 0.317 e. The van der Waals surface area contributed by atoms with Crippen molar-refractivity contribution in [2.24, 2.45) is 9.98 Å². The van der Waals surface area contributed by atoms with Crippen LogP contribution in [0.1, 0.15) is 24.3 Å². The van der Waals surface area contributed by atoms with Crippen LogP contribution in [0.3, 0.4) is 0 Å². The molecule has 5 heteroatoms. The van der Waals surface area contributed by atoms with Gasteiger partial charge in [-0.1, -0.05) is 11.6 Å². The highest BCUT2D eigenvalue weighted by molar-refractivity contribution is 6.31. The van der Waals surface area contributed by atoms with Crippen LogP contribution < -0.4 is 16.0 Å². The molecule has 3 rings (SSSR count). The van der Waals surface area contributed by atoms with E-state index in [1.54, 1.807) is 6.07 Å². The van der Waals surface area contributed by atoms with Crippen molar-refractivity contribution >= 4 is 17.6 Å². The SMILES string of the molecule is O=C1N=c2ccc(Cl)c(C3CCNCC3)c2=N1. The first-order valence-corrected chi connectivity index (χ1v) is 6.14. The highest BCUT2D eigenvalue weighted by atomic mass is 35.5. The molecule has 2 aliphatic heterocycles. The Morgan fingerprint density at radius 3 is 2.76 bits per heavy atom. The average molecular weight is 250 g/mol. The number of hydrogen-bond donors (Lipinski definition) is 1. The molecule has 1 fully saturated rings. The topological polar surface area (TPSA) is 53.8 Å². The molecule has 88 valence electrons. The van der Waals surface area contributed by atoms with Crippen LogP contribution in [0.2, 0.25) is 5.02 Å². The second kappa shape index (κ2) is 4.20. The molecule has 4 nitrogen and oxygen atoms in total. The van der Waals surface area contributed by atoms with Crippen molar-refractivity contribution in [3.63, 3.8) is 0 Å². The molecule has 0 atom stereocenters. The number of amides is 2. The maximum absolute atomic E-state index is 11.3. The van der Waals surface area contributed by atoms with Gasteiger partial charge in [-0.3, -0.25) is 0 Å². The number of carbonyl (C=O) groups excluding carboxylic acids is 1. The fraction of sp³-hybridized carbons (Fsp3) is 0.417. The molecule has 0 saturated carbocycles. The van der Waals surface area contributed by atoms with Crippen LogP contribution in [-0.2, 0) is 0 Å². The molecule has 2 aliphatic rings. The van der Waals surface area contributed by atoms with Gasteiger partial charge in [0.1, 0.15) is 0 Å². The van der Waals surface area contributed by atoms with E-state index in [9.17, 15) is 4.79 Å². The van der Waals surface area contributed by atoms with Crippen molar-refractivity contribution in [3.8, 4) is 0 Å². The molecule has 1 aromatic carbocycles. The fourth-order valence-corrected chi connectivity index (χ4v) is 2.81. The van der Waals surface area contributed by atoms with E-state index in [1.807, 2.05) is 6.07 Å². The van der Waals surface area contributed by atoms with Gasteiger partial charge in [0.25, 0.3) is 0 Å². The number of nitrogens with zero attached hydrogens (tertiary/aromatic N) is 2. The number of halogens is 1. The van der Waals surface area contributed by atoms with Crippen LogP contribution in [-0.4, -0.2) is 19.1 Å². The molecule has 17 heavy (non-hydrogen) atoms. The number of piperidine rings is 1. The lowest BCUT2D eigenvalue weighted by Crippen LogP contribution is -2.33. The zero-order chi connectivity index (χ0) is 11.8. The van der Waals surface area contributed by atoms with Gasteiger partial charge in [-0.2, -0.15) is 9.98 Å². The third-order valence-corrected chi connectivity index (χ3v) is 3.64. The van der Waals surface area contributed by atoms with E-state index >= 15 is 0 Å². The van der Waals surface area contributed by atoms with E-state index in [1.165, 1.54) is 0 Å². The largest absolute Gasteiger partial charge is 0.368 e. The number of nitrogens with one attached hydrogen (secondary N) is 1. The van der Waals surface area contributed by atoms with Gasteiger partial charge >= 0.3 is 6.03 Å². The Balaban J connectivity index is 2.17. The summed E-state index contributed by atoms with van der Waals surface area (Å²) in [6.07, 6.45) is 2.06. The zero-order valence-electron chi connectivity index (χ0n) is 9.24. The molecule has 1 saturated heterocycles. The summed E-state index contributed by atoms with van der Waals surface area (Å²) in [4.78, 5) is 19.1. The Hall–Kier alpha value is -1.26. The Kier molecular flexibility index (Phi) is 2.68. The van der Waals surface area contributed by atoms with Crippen molar-refractivity contribution in [1.82, 2.24) is 5.32 Å². The fourth-order valence-electron chi connectivity index (χ4n) is 2.50. The molecule has 2 heterocycles. The van der Waals surface area contributed by atoms with E-state index < -0.39 is 6.03 Å². The minimum atomic E-state index is -0.419. The van der Waals surface area contributed by atoms with Gasteiger partial charge < -0.3 is 5.32 Å². The van der Waals surface area contributed by atoms with Crippen molar-refractivity contribution in [2.45, 2.75) is 18.8 Å². The number of benzene rings is 1. The van der Waals surface area contributed by atoms with Crippen molar-refractivity contribution in [2.75, 3.05) is 13.1 Å². The molecule has 1 aromatic rings. The maximum atomic E-state index is 11.3. The van der Waals surface area contributed by atoms with Gasteiger partial charge in [0.05, 0.1) is 10.7 Å². The lowest BCUT2D eigenvalue weighted by molar-refractivity contribution is 0.256. The van der Waals surface area contributed by atoms with Crippen LogP contribution in [0.25, 0.3) is 0 Å². The Labute approximate surface area is 103 Å². The van der Waals surface area contributed by atoms with E-state index in [0.29, 0.717) is 21.7 Å². The monoisotopic (exact) mass is 249 g/mol. The Bertz CT molecular complexity index is 591. The summed E-state index contributed by atoms with van der Waals surface area (Å²) in [5.41, 5.74) is 1.00. The van der Waals surface area contributed by atoms with Crippen molar-refractivity contribution in [3.05, 3.63) is 33.4 Å². The summed E-state index contributed by atoms with van der Waals surface area (Å²) >= 11 is 6.26. The number of urea groups is 1. The molecular formula is C12H12ClN3O. The normalized spacial score (nSPS) is 19.7. The van der Waals surface area contributed by atoms with Crippen molar-refractivity contribution < 1.29 is 4.79 Å². The van der Waals surface area contributed by atoms with Gasteiger partial charge in [0, 0.05) is 10.6 Å². The van der Waals surface area contributed by atoms with Crippen molar-refractivity contribution in [1.29, 1.82) is 0 Å². The van der Waals surface area contributed by atoms with E-state index in [4.69, 9.17) is 11.6 Å². The van der Waals surface area contributed by atoms with E-state index in [-0.39, 0.29) is 0 Å². The van der Waals surface area contributed by atoms with E-state index in [2.05, 4.69) is 15.3 Å². The molecule has 0 radical (unpaired) electrons. The molecule has 0 unspecified atom stereocenters. The first-order valence-electron chi connectivity index (χ1n) is 5.76. The number of rotatable bonds is 1. The molecule has 1 N–H and O–H groups in total.